The molecule has 1 aromatic heterocycles. The van der Waals surface area contributed by atoms with E-state index >= 15 is 0 Å². The number of aromatic amines is 1. The molecular formula is C21H25N3O3S. The summed E-state index contributed by atoms with van der Waals surface area (Å²) in [6.45, 7) is 3.64. The topological polar surface area (TPSA) is 82.3 Å². The van der Waals surface area contributed by atoms with E-state index in [0.29, 0.717) is 18.5 Å². The third-order valence-corrected chi connectivity index (χ3v) is 6.89. The summed E-state index contributed by atoms with van der Waals surface area (Å²) in [5.41, 5.74) is 2.74. The number of aryl methyl sites for hydroxylation is 1. The highest BCUT2D eigenvalue weighted by atomic mass is 32.2. The number of hydrogen-bond acceptors (Lipinski definition) is 3. The van der Waals surface area contributed by atoms with Gasteiger partial charge in [0.25, 0.3) is 0 Å². The predicted octanol–water partition coefficient (Wildman–Crippen LogP) is 3.77. The molecule has 3 aromatic rings. The number of para-hydroxylation sites is 1. The van der Waals surface area contributed by atoms with Crippen molar-refractivity contribution in [2.24, 2.45) is 0 Å². The average molecular weight is 400 g/mol. The molecule has 6 nitrogen and oxygen atoms in total. The highest BCUT2D eigenvalue weighted by Crippen LogP contribution is 2.21. The predicted molar refractivity (Wildman–Crippen MR) is 112 cm³/mol. The van der Waals surface area contributed by atoms with E-state index in [9.17, 15) is 13.2 Å². The van der Waals surface area contributed by atoms with Gasteiger partial charge in [-0.3, -0.25) is 4.79 Å². The number of benzene rings is 2. The Hall–Kier alpha value is -2.64. The van der Waals surface area contributed by atoms with Gasteiger partial charge in [0.05, 0.1) is 4.90 Å². The van der Waals surface area contributed by atoms with E-state index in [4.69, 9.17) is 0 Å². The molecule has 1 amide bonds. The highest BCUT2D eigenvalue weighted by molar-refractivity contribution is 7.89. The first kappa shape index (κ1) is 20.1. The van der Waals surface area contributed by atoms with Crippen LogP contribution in [0.4, 0.5) is 5.69 Å². The minimum absolute atomic E-state index is 0.111. The molecule has 2 N–H and O–H groups in total. The number of anilines is 1. The Morgan fingerprint density at radius 1 is 1.11 bits per heavy atom. The van der Waals surface area contributed by atoms with Crippen molar-refractivity contribution in [1.29, 1.82) is 0 Å². The van der Waals surface area contributed by atoms with Crippen LogP contribution in [0.1, 0.15) is 25.8 Å². The van der Waals surface area contributed by atoms with Gasteiger partial charge in [0, 0.05) is 42.3 Å². The van der Waals surface area contributed by atoms with Crippen LogP contribution in [0.25, 0.3) is 10.9 Å². The molecule has 0 aliphatic carbocycles. The quantitative estimate of drug-likeness (QED) is 0.634. The Bertz CT molecular complexity index is 1070. The maximum absolute atomic E-state index is 12.5. The van der Waals surface area contributed by atoms with Crippen LogP contribution in [0.3, 0.4) is 0 Å². The van der Waals surface area contributed by atoms with Crippen molar-refractivity contribution in [2.45, 2.75) is 37.6 Å². The maximum atomic E-state index is 12.5. The van der Waals surface area contributed by atoms with Gasteiger partial charge in [0.1, 0.15) is 0 Å². The Morgan fingerprint density at radius 2 is 1.79 bits per heavy atom. The van der Waals surface area contributed by atoms with E-state index in [1.54, 1.807) is 19.2 Å². The first-order chi connectivity index (χ1) is 13.3. The lowest BCUT2D eigenvalue weighted by Gasteiger charge is -2.21. The number of nitrogens with zero attached hydrogens (tertiary/aromatic N) is 1. The Balaban J connectivity index is 1.62. The van der Waals surface area contributed by atoms with E-state index in [-0.39, 0.29) is 16.8 Å². The van der Waals surface area contributed by atoms with Crippen molar-refractivity contribution in [2.75, 3.05) is 12.4 Å². The second-order valence-electron chi connectivity index (χ2n) is 7.05. The lowest BCUT2D eigenvalue weighted by Crippen LogP contribution is -2.33. The van der Waals surface area contributed by atoms with Gasteiger partial charge < -0.3 is 10.3 Å². The van der Waals surface area contributed by atoms with E-state index in [1.807, 2.05) is 44.3 Å². The summed E-state index contributed by atoms with van der Waals surface area (Å²) < 4.78 is 26.3. The molecular weight excluding hydrogens is 374 g/mol. The molecule has 0 fully saturated rings. The second-order valence-corrected chi connectivity index (χ2v) is 9.04. The number of nitrogens with one attached hydrogen (secondary N) is 2. The number of hydrogen-bond donors (Lipinski definition) is 2. The summed E-state index contributed by atoms with van der Waals surface area (Å²) in [4.78, 5) is 15.7. The van der Waals surface area contributed by atoms with Crippen LogP contribution in [0.5, 0.6) is 0 Å². The molecule has 0 unspecified atom stereocenters. The fourth-order valence-corrected chi connectivity index (χ4v) is 4.33. The minimum atomic E-state index is -3.53. The number of carbonyl (C=O) groups is 1. The molecule has 0 bridgehead atoms. The van der Waals surface area contributed by atoms with Crippen molar-refractivity contribution >= 4 is 32.5 Å². The summed E-state index contributed by atoms with van der Waals surface area (Å²) in [5.74, 6) is -0.111. The monoisotopic (exact) mass is 399 g/mol. The van der Waals surface area contributed by atoms with Gasteiger partial charge in [-0.1, -0.05) is 18.2 Å². The number of sulfonamides is 1. The summed E-state index contributed by atoms with van der Waals surface area (Å²) in [6.07, 6.45) is 2.91. The molecule has 0 aliphatic rings. The van der Waals surface area contributed by atoms with Crippen LogP contribution in [0.15, 0.2) is 59.6 Å². The average Bonchev–Trinajstić information content (AvgIpc) is 3.09. The van der Waals surface area contributed by atoms with Gasteiger partial charge in [-0.25, -0.2) is 8.42 Å². The summed E-state index contributed by atoms with van der Waals surface area (Å²) in [7, 11) is -1.97. The molecule has 0 saturated carbocycles. The van der Waals surface area contributed by atoms with Gasteiger partial charge in [-0.15, -0.1) is 0 Å². The molecule has 1 heterocycles. The highest BCUT2D eigenvalue weighted by Gasteiger charge is 2.22. The molecule has 0 radical (unpaired) electrons. The van der Waals surface area contributed by atoms with Crippen LogP contribution in [-0.2, 0) is 21.2 Å². The van der Waals surface area contributed by atoms with Crippen molar-refractivity contribution < 1.29 is 13.2 Å². The third-order valence-electron chi connectivity index (χ3n) is 4.84. The smallest absolute Gasteiger partial charge is 0.243 e. The van der Waals surface area contributed by atoms with Crippen molar-refractivity contribution in [3.63, 3.8) is 0 Å². The third kappa shape index (κ3) is 4.26. The normalized spacial score (nSPS) is 12.0. The van der Waals surface area contributed by atoms with Crippen LogP contribution < -0.4 is 5.32 Å². The second kappa shape index (κ2) is 8.16. The number of fused-ring (bicyclic) bond motifs is 1. The number of carbonyl (C=O) groups excluding carboxylic acids is 1. The number of amides is 1. The van der Waals surface area contributed by atoms with E-state index < -0.39 is 10.0 Å². The van der Waals surface area contributed by atoms with Crippen LogP contribution >= 0.6 is 0 Å². The lowest BCUT2D eigenvalue weighted by molar-refractivity contribution is -0.116. The Kier molecular flexibility index (Phi) is 5.86. The van der Waals surface area contributed by atoms with Crippen LogP contribution in [-0.4, -0.2) is 36.7 Å². The van der Waals surface area contributed by atoms with E-state index in [1.165, 1.54) is 16.4 Å². The molecule has 148 valence electrons. The van der Waals surface area contributed by atoms with Crippen LogP contribution in [0, 0.1) is 0 Å². The molecule has 2 aromatic carbocycles. The first-order valence-corrected chi connectivity index (χ1v) is 10.7. The molecule has 7 heteroatoms. The number of H-pyrrole nitrogens is 1. The molecule has 0 saturated heterocycles. The maximum Gasteiger partial charge on any atom is 0.243 e. The SMILES string of the molecule is CC(C)N(C)S(=O)(=O)c1ccc(NC(=O)CCc2c[nH]c3ccccc23)cc1. The van der Waals surface area contributed by atoms with Gasteiger partial charge in [0.2, 0.25) is 15.9 Å². The van der Waals surface area contributed by atoms with Crippen LogP contribution in [0.2, 0.25) is 0 Å². The number of rotatable bonds is 7. The van der Waals surface area contributed by atoms with E-state index in [2.05, 4.69) is 10.3 Å². The molecule has 0 aliphatic heterocycles. The molecule has 0 atom stereocenters. The molecule has 3 rings (SSSR count). The first-order valence-electron chi connectivity index (χ1n) is 9.22. The van der Waals surface area contributed by atoms with Gasteiger partial charge in [0.15, 0.2) is 0 Å². The number of aromatic nitrogens is 1. The largest absolute Gasteiger partial charge is 0.361 e. The van der Waals surface area contributed by atoms with E-state index in [0.717, 1.165) is 16.5 Å². The molecule has 0 spiro atoms. The van der Waals surface area contributed by atoms with Gasteiger partial charge >= 0.3 is 0 Å². The fourth-order valence-electron chi connectivity index (χ4n) is 2.96. The van der Waals surface area contributed by atoms with Gasteiger partial charge in [-0.05, 0) is 56.2 Å². The zero-order valence-corrected chi connectivity index (χ0v) is 17.1. The summed E-state index contributed by atoms with van der Waals surface area (Å²) >= 11 is 0. The zero-order valence-electron chi connectivity index (χ0n) is 16.3. The molecule has 28 heavy (non-hydrogen) atoms. The summed E-state index contributed by atoms with van der Waals surface area (Å²) in [5, 5.41) is 3.95. The van der Waals surface area contributed by atoms with Gasteiger partial charge in [-0.2, -0.15) is 4.31 Å². The zero-order chi connectivity index (χ0) is 20.3. The minimum Gasteiger partial charge on any atom is -0.361 e. The Morgan fingerprint density at radius 3 is 2.46 bits per heavy atom. The van der Waals surface area contributed by atoms with Crippen molar-refractivity contribution in [3.05, 3.63) is 60.3 Å². The lowest BCUT2D eigenvalue weighted by atomic mass is 10.1. The van der Waals surface area contributed by atoms with Crippen molar-refractivity contribution in [3.8, 4) is 0 Å². The Labute approximate surface area is 165 Å². The standard InChI is InChI=1S/C21H25N3O3S/c1-15(2)24(3)28(26,27)18-11-9-17(10-12-18)23-21(25)13-8-16-14-22-20-7-5-4-6-19(16)20/h4-7,9-12,14-15,22H,8,13H2,1-3H3,(H,23,25). The summed E-state index contributed by atoms with van der Waals surface area (Å²) in [6, 6.07) is 14.1. The van der Waals surface area contributed by atoms with Crippen molar-refractivity contribution in [1.82, 2.24) is 9.29 Å². The fraction of sp³-hybridized carbons (Fsp3) is 0.286.